The molecule has 74 valence electrons. The Morgan fingerprint density at radius 3 is 2.92 bits per heavy atom. The van der Waals surface area contributed by atoms with Gasteiger partial charge in [0.25, 0.3) is 0 Å². The lowest BCUT2D eigenvalue weighted by atomic mass is 10.1. The molecule has 1 aliphatic carbocycles. The minimum atomic E-state index is 0.699. The molecule has 0 bridgehead atoms. The molecule has 0 spiro atoms. The van der Waals surface area contributed by atoms with Crippen molar-refractivity contribution in [2.45, 2.75) is 19.3 Å². The second kappa shape index (κ2) is 6.87. The molecule has 2 heteroatoms. The molecular formula is C11H18O2. The topological polar surface area (TPSA) is 18.5 Å². The number of methoxy groups -OCH3 is 1. The van der Waals surface area contributed by atoms with Crippen LogP contribution in [0.1, 0.15) is 19.3 Å². The van der Waals surface area contributed by atoms with Gasteiger partial charge in [0.2, 0.25) is 0 Å². The van der Waals surface area contributed by atoms with Crippen LogP contribution in [0.15, 0.2) is 23.8 Å². The van der Waals surface area contributed by atoms with Crippen LogP contribution >= 0.6 is 0 Å². The molecule has 13 heavy (non-hydrogen) atoms. The minimum Gasteiger partial charge on any atom is -0.382 e. The molecule has 1 rings (SSSR count). The Morgan fingerprint density at radius 2 is 2.23 bits per heavy atom. The third-order valence-corrected chi connectivity index (χ3v) is 2.07. The van der Waals surface area contributed by atoms with E-state index in [2.05, 4.69) is 18.2 Å². The van der Waals surface area contributed by atoms with Gasteiger partial charge >= 0.3 is 0 Å². The lowest BCUT2D eigenvalue weighted by Crippen LogP contribution is -2.03. The quantitative estimate of drug-likeness (QED) is 0.562. The van der Waals surface area contributed by atoms with E-state index in [4.69, 9.17) is 9.47 Å². The highest BCUT2D eigenvalue weighted by molar-refractivity contribution is 5.22. The zero-order valence-corrected chi connectivity index (χ0v) is 8.29. The molecule has 0 saturated carbocycles. The Labute approximate surface area is 80.2 Å². The molecule has 0 atom stereocenters. The predicted octanol–water partition coefficient (Wildman–Crippen LogP) is 2.32. The fourth-order valence-corrected chi connectivity index (χ4v) is 1.32. The zero-order valence-electron chi connectivity index (χ0n) is 8.29. The minimum absolute atomic E-state index is 0.699. The third kappa shape index (κ3) is 4.86. The van der Waals surface area contributed by atoms with Crippen LogP contribution in [0.5, 0.6) is 0 Å². The van der Waals surface area contributed by atoms with E-state index in [0.717, 1.165) is 19.4 Å². The number of allylic oxidation sites excluding steroid dienone is 4. The molecule has 0 N–H and O–H groups in total. The summed E-state index contributed by atoms with van der Waals surface area (Å²) in [5.74, 6) is 0. The van der Waals surface area contributed by atoms with Crippen molar-refractivity contribution in [2.75, 3.05) is 26.9 Å². The Hall–Kier alpha value is -0.600. The average Bonchev–Trinajstić information content (AvgIpc) is 2.63. The number of hydrogen-bond donors (Lipinski definition) is 0. The molecule has 0 heterocycles. The summed E-state index contributed by atoms with van der Waals surface area (Å²) in [4.78, 5) is 0. The highest BCUT2D eigenvalue weighted by Crippen LogP contribution is 2.15. The molecule has 0 aromatic heterocycles. The van der Waals surface area contributed by atoms with E-state index < -0.39 is 0 Å². The van der Waals surface area contributed by atoms with Crippen LogP contribution in [-0.2, 0) is 9.47 Å². The Morgan fingerprint density at radius 1 is 1.31 bits per heavy atom. The van der Waals surface area contributed by atoms with Gasteiger partial charge in [-0.3, -0.25) is 0 Å². The maximum Gasteiger partial charge on any atom is 0.0700 e. The molecule has 1 aliphatic rings. The summed E-state index contributed by atoms with van der Waals surface area (Å²) >= 11 is 0. The second-order valence-electron chi connectivity index (χ2n) is 3.17. The molecule has 0 amide bonds. The van der Waals surface area contributed by atoms with E-state index in [1.54, 1.807) is 7.11 Å². The summed E-state index contributed by atoms with van der Waals surface area (Å²) in [6.45, 7) is 2.26. The van der Waals surface area contributed by atoms with Crippen molar-refractivity contribution in [1.82, 2.24) is 0 Å². The monoisotopic (exact) mass is 182 g/mol. The van der Waals surface area contributed by atoms with Crippen LogP contribution in [0.3, 0.4) is 0 Å². The van der Waals surface area contributed by atoms with Crippen molar-refractivity contribution in [1.29, 1.82) is 0 Å². The molecule has 0 saturated heterocycles. The molecule has 0 unspecified atom stereocenters. The molecule has 0 fully saturated rings. The lowest BCUT2D eigenvalue weighted by Gasteiger charge is -2.03. The highest BCUT2D eigenvalue weighted by atomic mass is 16.5. The van der Waals surface area contributed by atoms with E-state index in [0.29, 0.717) is 13.2 Å². The SMILES string of the molecule is COCCOCCCC1=CC=CC1. The summed E-state index contributed by atoms with van der Waals surface area (Å²) < 4.78 is 10.2. The summed E-state index contributed by atoms with van der Waals surface area (Å²) in [7, 11) is 1.69. The van der Waals surface area contributed by atoms with E-state index in [-0.39, 0.29) is 0 Å². The van der Waals surface area contributed by atoms with Crippen molar-refractivity contribution in [3.8, 4) is 0 Å². The van der Waals surface area contributed by atoms with E-state index >= 15 is 0 Å². The van der Waals surface area contributed by atoms with Gasteiger partial charge in [0.1, 0.15) is 0 Å². The van der Waals surface area contributed by atoms with Gasteiger partial charge in [0.05, 0.1) is 13.2 Å². The summed E-state index contributed by atoms with van der Waals surface area (Å²) in [5.41, 5.74) is 1.52. The normalized spacial score (nSPS) is 15.0. The van der Waals surface area contributed by atoms with Crippen molar-refractivity contribution in [3.05, 3.63) is 23.8 Å². The van der Waals surface area contributed by atoms with Crippen molar-refractivity contribution in [3.63, 3.8) is 0 Å². The van der Waals surface area contributed by atoms with Crippen LogP contribution in [0.4, 0.5) is 0 Å². The fraction of sp³-hybridized carbons (Fsp3) is 0.636. The van der Waals surface area contributed by atoms with Crippen molar-refractivity contribution < 1.29 is 9.47 Å². The van der Waals surface area contributed by atoms with Crippen LogP contribution in [0, 0.1) is 0 Å². The first-order chi connectivity index (χ1) is 6.43. The van der Waals surface area contributed by atoms with Gasteiger partial charge in [-0.05, 0) is 19.3 Å². The molecular weight excluding hydrogens is 164 g/mol. The maximum absolute atomic E-state index is 5.36. The smallest absolute Gasteiger partial charge is 0.0700 e. The van der Waals surface area contributed by atoms with Gasteiger partial charge in [-0.15, -0.1) is 0 Å². The molecule has 0 aromatic rings. The van der Waals surface area contributed by atoms with Gasteiger partial charge in [0.15, 0.2) is 0 Å². The van der Waals surface area contributed by atoms with Gasteiger partial charge in [-0.2, -0.15) is 0 Å². The molecule has 0 aliphatic heterocycles. The van der Waals surface area contributed by atoms with E-state index in [9.17, 15) is 0 Å². The van der Waals surface area contributed by atoms with Crippen LogP contribution in [-0.4, -0.2) is 26.9 Å². The number of hydrogen-bond acceptors (Lipinski definition) is 2. The number of rotatable bonds is 7. The van der Waals surface area contributed by atoms with Gasteiger partial charge < -0.3 is 9.47 Å². The van der Waals surface area contributed by atoms with Crippen LogP contribution in [0.2, 0.25) is 0 Å². The van der Waals surface area contributed by atoms with Gasteiger partial charge in [-0.1, -0.05) is 23.8 Å². The number of ether oxygens (including phenoxy) is 2. The first-order valence-corrected chi connectivity index (χ1v) is 4.84. The van der Waals surface area contributed by atoms with Crippen LogP contribution in [0.25, 0.3) is 0 Å². The molecule has 0 aromatic carbocycles. The van der Waals surface area contributed by atoms with Crippen LogP contribution < -0.4 is 0 Å². The summed E-state index contributed by atoms with van der Waals surface area (Å²) in [6.07, 6.45) is 9.95. The Balaban J connectivity index is 1.84. The Kier molecular flexibility index (Phi) is 5.54. The lowest BCUT2D eigenvalue weighted by molar-refractivity contribution is 0.0695. The third-order valence-electron chi connectivity index (χ3n) is 2.07. The fourth-order valence-electron chi connectivity index (χ4n) is 1.32. The second-order valence-corrected chi connectivity index (χ2v) is 3.17. The maximum atomic E-state index is 5.36. The highest BCUT2D eigenvalue weighted by Gasteiger charge is 1.98. The van der Waals surface area contributed by atoms with Gasteiger partial charge in [-0.25, -0.2) is 0 Å². The standard InChI is InChI=1S/C11H18O2/c1-12-9-10-13-8-4-7-11-5-2-3-6-11/h2-3,5H,4,6-10H2,1H3. The zero-order chi connectivity index (χ0) is 9.36. The predicted molar refractivity (Wildman–Crippen MR) is 53.8 cm³/mol. The van der Waals surface area contributed by atoms with E-state index in [1.807, 2.05) is 0 Å². The largest absolute Gasteiger partial charge is 0.382 e. The molecule has 2 nitrogen and oxygen atoms in total. The Bertz CT molecular complexity index is 183. The van der Waals surface area contributed by atoms with E-state index in [1.165, 1.54) is 12.0 Å². The van der Waals surface area contributed by atoms with Crippen molar-refractivity contribution in [2.24, 2.45) is 0 Å². The first kappa shape index (κ1) is 10.5. The first-order valence-electron chi connectivity index (χ1n) is 4.84. The molecule has 0 radical (unpaired) electrons. The summed E-state index contributed by atoms with van der Waals surface area (Å²) in [5, 5.41) is 0. The van der Waals surface area contributed by atoms with Gasteiger partial charge in [0, 0.05) is 13.7 Å². The summed E-state index contributed by atoms with van der Waals surface area (Å²) in [6, 6.07) is 0. The van der Waals surface area contributed by atoms with Crippen molar-refractivity contribution >= 4 is 0 Å². The average molecular weight is 182 g/mol.